The molecule has 5 nitrogen and oxygen atoms in total. The Labute approximate surface area is 241 Å². The Bertz CT molecular complexity index is 2450. The van der Waals surface area contributed by atoms with E-state index in [9.17, 15) is 0 Å². The molecule has 196 valence electrons. The molecule has 4 heterocycles. The molecule has 0 aliphatic heterocycles. The van der Waals surface area contributed by atoms with Gasteiger partial charge in [-0.25, -0.2) is 9.97 Å². The summed E-state index contributed by atoms with van der Waals surface area (Å²) in [5.41, 5.74) is 10.7. The zero-order chi connectivity index (χ0) is 27.6. The van der Waals surface area contributed by atoms with Crippen LogP contribution in [0.15, 0.2) is 140 Å². The van der Waals surface area contributed by atoms with Gasteiger partial charge in [0.15, 0.2) is 0 Å². The summed E-state index contributed by atoms with van der Waals surface area (Å²) in [6.45, 7) is 0. The lowest BCUT2D eigenvalue weighted by Gasteiger charge is -2.13. The third-order valence-electron chi connectivity index (χ3n) is 8.23. The van der Waals surface area contributed by atoms with Gasteiger partial charge in [0, 0.05) is 28.6 Å². The molecule has 5 heteroatoms. The van der Waals surface area contributed by atoms with Crippen molar-refractivity contribution in [2.24, 2.45) is 0 Å². The molecule has 0 N–H and O–H groups in total. The maximum absolute atomic E-state index is 5.30. The van der Waals surface area contributed by atoms with Gasteiger partial charge in [-0.1, -0.05) is 78.9 Å². The number of fused-ring (bicyclic) bond motifs is 8. The molecule has 0 saturated carbocycles. The SMILES string of the molecule is c1ccc2c(c1)nc(-n1c3ccccc3c3ccc(-c4ccc(-c5ccncc5)cc4)cc31)n1c3ccccc3nc21. The first-order valence-electron chi connectivity index (χ1n) is 14.0. The molecule has 0 amide bonds. The third kappa shape index (κ3) is 3.34. The maximum atomic E-state index is 5.30. The zero-order valence-electron chi connectivity index (χ0n) is 22.5. The molecule has 0 aliphatic carbocycles. The Kier molecular flexibility index (Phi) is 4.83. The molecule has 5 aromatic carbocycles. The number of nitrogens with zero attached hydrogens (tertiary/aromatic N) is 5. The van der Waals surface area contributed by atoms with E-state index in [1.54, 1.807) is 0 Å². The van der Waals surface area contributed by atoms with Crippen LogP contribution in [-0.4, -0.2) is 23.9 Å². The van der Waals surface area contributed by atoms with Gasteiger partial charge in [0.1, 0.15) is 5.65 Å². The largest absolute Gasteiger partial charge is 0.279 e. The summed E-state index contributed by atoms with van der Waals surface area (Å²) in [6, 6.07) is 44.7. The second kappa shape index (κ2) is 8.85. The van der Waals surface area contributed by atoms with Crippen molar-refractivity contribution >= 4 is 49.4 Å². The molecule has 0 atom stereocenters. The minimum atomic E-state index is 0.828. The van der Waals surface area contributed by atoms with Crippen molar-refractivity contribution in [1.29, 1.82) is 0 Å². The Hall–Kier alpha value is -5.81. The Morgan fingerprint density at radius 2 is 1.02 bits per heavy atom. The molecule has 0 fully saturated rings. The molecule has 0 bridgehead atoms. The van der Waals surface area contributed by atoms with Gasteiger partial charge in [-0.15, -0.1) is 0 Å². The summed E-state index contributed by atoms with van der Waals surface area (Å²) < 4.78 is 4.51. The van der Waals surface area contributed by atoms with Crippen LogP contribution < -0.4 is 0 Å². The van der Waals surface area contributed by atoms with Crippen molar-refractivity contribution in [1.82, 2.24) is 23.9 Å². The van der Waals surface area contributed by atoms with E-state index in [2.05, 4.69) is 117 Å². The first kappa shape index (κ1) is 22.9. The lowest BCUT2D eigenvalue weighted by Crippen LogP contribution is -2.06. The van der Waals surface area contributed by atoms with Crippen LogP contribution in [0, 0.1) is 0 Å². The molecular formula is C37H23N5. The number of para-hydroxylation sites is 4. The van der Waals surface area contributed by atoms with E-state index >= 15 is 0 Å². The summed E-state index contributed by atoms with van der Waals surface area (Å²) in [5.74, 6) is 0.828. The fraction of sp³-hybridized carbons (Fsp3) is 0. The minimum Gasteiger partial charge on any atom is -0.279 e. The van der Waals surface area contributed by atoms with Crippen molar-refractivity contribution in [3.63, 3.8) is 0 Å². The van der Waals surface area contributed by atoms with E-state index in [0.717, 1.165) is 61.3 Å². The summed E-state index contributed by atoms with van der Waals surface area (Å²) in [4.78, 5) is 14.5. The number of aromatic nitrogens is 5. The topological polar surface area (TPSA) is 48.0 Å². The van der Waals surface area contributed by atoms with Gasteiger partial charge < -0.3 is 0 Å². The predicted octanol–water partition coefficient (Wildman–Crippen LogP) is 8.86. The Balaban J connectivity index is 1.34. The number of pyridine rings is 1. The number of benzene rings is 5. The quantitative estimate of drug-likeness (QED) is 0.226. The van der Waals surface area contributed by atoms with E-state index < -0.39 is 0 Å². The summed E-state index contributed by atoms with van der Waals surface area (Å²) in [5, 5.41) is 3.42. The normalized spacial score (nSPS) is 11.8. The highest BCUT2D eigenvalue weighted by atomic mass is 15.2. The predicted molar refractivity (Wildman–Crippen MR) is 171 cm³/mol. The highest BCUT2D eigenvalue weighted by Gasteiger charge is 2.20. The van der Waals surface area contributed by atoms with E-state index in [4.69, 9.17) is 9.97 Å². The van der Waals surface area contributed by atoms with Crippen LogP contribution in [0.3, 0.4) is 0 Å². The molecule has 0 radical (unpaired) electrons. The lowest BCUT2D eigenvalue weighted by molar-refractivity contribution is 0.979. The van der Waals surface area contributed by atoms with Crippen molar-refractivity contribution in [3.8, 4) is 28.2 Å². The van der Waals surface area contributed by atoms with Gasteiger partial charge in [0.05, 0.1) is 27.6 Å². The van der Waals surface area contributed by atoms with Crippen molar-refractivity contribution < 1.29 is 0 Å². The molecule has 0 spiro atoms. The van der Waals surface area contributed by atoms with Crippen LogP contribution in [0.25, 0.3) is 77.6 Å². The Morgan fingerprint density at radius 1 is 0.429 bits per heavy atom. The third-order valence-corrected chi connectivity index (χ3v) is 8.23. The molecule has 4 aromatic heterocycles. The van der Waals surface area contributed by atoms with Crippen LogP contribution in [0.1, 0.15) is 0 Å². The van der Waals surface area contributed by atoms with Crippen LogP contribution >= 0.6 is 0 Å². The Morgan fingerprint density at radius 3 is 1.83 bits per heavy atom. The van der Waals surface area contributed by atoms with Crippen LogP contribution in [0.4, 0.5) is 0 Å². The van der Waals surface area contributed by atoms with Gasteiger partial charge in [-0.3, -0.25) is 14.0 Å². The van der Waals surface area contributed by atoms with Gasteiger partial charge in [-0.2, -0.15) is 0 Å². The number of hydrogen-bond donors (Lipinski definition) is 0. The van der Waals surface area contributed by atoms with Crippen molar-refractivity contribution in [3.05, 3.63) is 140 Å². The maximum Gasteiger partial charge on any atom is 0.221 e. The monoisotopic (exact) mass is 537 g/mol. The minimum absolute atomic E-state index is 0.828. The van der Waals surface area contributed by atoms with E-state index in [-0.39, 0.29) is 0 Å². The van der Waals surface area contributed by atoms with Crippen LogP contribution in [-0.2, 0) is 0 Å². The summed E-state index contributed by atoms with van der Waals surface area (Å²) in [7, 11) is 0. The smallest absolute Gasteiger partial charge is 0.221 e. The van der Waals surface area contributed by atoms with Crippen LogP contribution in [0.2, 0.25) is 0 Å². The van der Waals surface area contributed by atoms with Gasteiger partial charge in [-0.05, 0) is 70.8 Å². The van der Waals surface area contributed by atoms with Gasteiger partial charge >= 0.3 is 0 Å². The first-order valence-corrected chi connectivity index (χ1v) is 14.0. The van der Waals surface area contributed by atoms with E-state index in [1.165, 1.54) is 16.3 Å². The average molecular weight is 538 g/mol. The van der Waals surface area contributed by atoms with Crippen molar-refractivity contribution in [2.45, 2.75) is 0 Å². The molecule has 9 rings (SSSR count). The molecule has 0 aliphatic rings. The molecular weight excluding hydrogens is 514 g/mol. The average Bonchev–Trinajstić information content (AvgIpc) is 3.61. The fourth-order valence-electron chi connectivity index (χ4n) is 6.24. The number of hydrogen-bond acceptors (Lipinski definition) is 3. The zero-order valence-corrected chi connectivity index (χ0v) is 22.5. The highest BCUT2D eigenvalue weighted by Crippen LogP contribution is 2.36. The molecule has 0 unspecified atom stereocenters. The molecule has 42 heavy (non-hydrogen) atoms. The van der Waals surface area contributed by atoms with E-state index in [1.807, 2.05) is 36.7 Å². The van der Waals surface area contributed by atoms with Gasteiger partial charge in [0.25, 0.3) is 0 Å². The number of rotatable bonds is 3. The van der Waals surface area contributed by atoms with Gasteiger partial charge in [0.2, 0.25) is 5.95 Å². The first-order chi connectivity index (χ1) is 20.8. The molecule has 9 aromatic rings. The highest BCUT2D eigenvalue weighted by molar-refractivity contribution is 6.10. The standard InChI is InChI=1S/C37H23N5/c1-3-9-31-30(8-1)36-39-32-10-4-6-12-34(32)42(36)37(40-31)41-33-11-5-2-7-28(33)29-18-17-27(23-35(29)41)25-15-13-24(14-16-25)26-19-21-38-22-20-26/h1-23H. The van der Waals surface area contributed by atoms with E-state index in [0.29, 0.717) is 0 Å². The summed E-state index contributed by atoms with van der Waals surface area (Å²) >= 11 is 0. The second-order valence-electron chi connectivity index (χ2n) is 10.6. The van der Waals surface area contributed by atoms with Crippen molar-refractivity contribution in [2.75, 3.05) is 0 Å². The van der Waals surface area contributed by atoms with Crippen LogP contribution in [0.5, 0.6) is 0 Å². The summed E-state index contributed by atoms with van der Waals surface area (Å²) in [6.07, 6.45) is 3.66. The number of imidazole rings is 1. The molecule has 0 saturated heterocycles. The second-order valence-corrected chi connectivity index (χ2v) is 10.6. The fourth-order valence-corrected chi connectivity index (χ4v) is 6.24. The lowest BCUT2D eigenvalue weighted by atomic mass is 10.00.